The minimum absolute atomic E-state index is 0.203. The molecule has 2 saturated carbocycles. The lowest BCUT2D eigenvalue weighted by atomic mass is 9.82. The van der Waals surface area contributed by atoms with Crippen molar-refractivity contribution in [3.05, 3.63) is 22.4 Å². The Morgan fingerprint density at radius 3 is 2.53 bits per heavy atom. The first-order valence-corrected chi connectivity index (χ1v) is 8.54. The van der Waals surface area contributed by atoms with E-state index in [1.165, 1.54) is 49.8 Å². The predicted molar refractivity (Wildman–Crippen MR) is 79.5 cm³/mol. The molecule has 1 N–H and O–H groups in total. The van der Waals surface area contributed by atoms with Crippen molar-refractivity contribution in [2.24, 2.45) is 0 Å². The van der Waals surface area contributed by atoms with E-state index in [4.69, 9.17) is 0 Å². The molecule has 19 heavy (non-hydrogen) atoms. The number of hydrogen-bond donors (Lipinski definition) is 1. The molecule has 2 fully saturated rings. The maximum Gasteiger partial charge on any atom is 0.231 e. The number of amides is 1. The standard InChI is InChI=1S/C16H23NOS/c18-15(17-13-7-2-1-3-8-13)16(10-4-5-11-16)14-9-6-12-19-14/h6,9,12-13H,1-5,7-8,10-11H2,(H,17,18). The third kappa shape index (κ3) is 2.58. The summed E-state index contributed by atoms with van der Waals surface area (Å²) in [5, 5.41) is 5.46. The lowest BCUT2D eigenvalue weighted by Gasteiger charge is -2.31. The van der Waals surface area contributed by atoms with Gasteiger partial charge in [0.15, 0.2) is 0 Å². The van der Waals surface area contributed by atoms with Crippen LogP contribution in [0.25, 0.3) is 0 Å². The molecular weight excluding hydrogens is 254 g/mol. The first kappa shape index (κ1) is 13.2. The minimum Gasteiger partial charge on any atom is -0.353 e. The fourth-order valence-electron chi connectivity index (χ4n) is 3.69. The molecule has 1 aromatic rings. The molecule has 0 atom stereocenters. The molecule has 0 bridgehead atoms. The van der Waals surface area contributed by atoms with Crippen molar-refractivity contribution in [3.8, 4) is 0 Å². The van der Waals surface area contributed by atoms with E-state index in [0.717, 1.165) is 12.8 Å². The van der Waals surface area contributed by atoms with Gasteiger partial charge in [0, 0.05) is 10.9 Å². The summed E-state index contributed by atoms with van der Waals surface area (Å²) in [5.74, 6) is 0.305. The molecule has 0 saturated heterocycles. The van der Waals surface area contributed by atoms with Gasteiger partial charge in [0.25, 0.3) is 0 Å². The summed E-state index contributed by atoms with van der Waals surface area (Å²) in [5.41, 5.74) is -0.203. The van der Waals surface area contributed by atoms with Gasteiger partial charge in [-0.25, -0.2) is 0 Å². The first-order chi connectivity index (χ1) is 9.31. The summed E-state index contributed by atoms with van der Waals surface area (Å²) in [6.45, 7) is 0. The number of carbonyl (C=O) groups excluding carboxylic acids is 1. The third-order valence-corrected chi connectivity index (χ3v) is 5.90. The zero-order valence-corrected chi connectivity index (χ0v) is 12.3. The summed E-state index contributed by atoms with van der Waals surface area (Å²) in [7, 11) is 0. The van der Waals surface area contributed by atoms with Crippen LogP contribution in [0, 0.1) is 0 Å². The van der Waals surface area contributed by atoms with Crippen LogP contribution in [-0.4, -0.2) is 11.9 Å². The maximum atomic E-state index is 12.8. The van der Waals surface area contributed by atoms with E-state index in [0.29, 0.717) is 11.9 Å². The Labute approximate surface area is 119 Å². The van der Waals surface area contributed by atoms with Gasteiger partial charge in [-0.15, -0.1) is 11.3 Å². The second-order valence-electron chi connectivity index (χ2n) is 6.07. The lowest BCUT2D eigenvalue weighted by Crippen LogP contribution is -2.47. The van der Waals surface area contributed by atoms with E-state index in [1.807, 2.05) is 0 Å². The second-order valence-corrected chi connectivity index (χ2v) is 7.02. The SMILES string of the molecule is O=C(NC1CCCCC1)C1(c2cccs2)CCCC1. The van der Waals surface area contributed by atoms with E-state index >= 15 is 0 Å². The Kier molecular flexibility index (Phi) is 3.92. The van der Waals surface area contributed by atoms with E-state index in [1.54, 1.807) is 11.3 Å². The smallest absolute Gasteiger partial charge is 0.231 e. The quantitative estimate of drug-likeness (QED) is 0.888. The molecule has 2 aliphatic carbocycles. The Hall–Kier alpha value is -0.830. The van der Waals surface area contributed by atoms with Gasteiger partial charge in [-0.05, 0) is 37.1 Å². The maximum absolute atomic E-state index is 12.8. The van der Waals surface area contributed by atoms with Crippen LogP contribution >= 0.6 is 11.3 Å². The van der Waals surface area contributed by atoms with Crippen molar-refractivity contribution in [2.75, 3.05) is 0 Å². The van der Waals surface area contributed by atoms with Gasteiger partial charge in [-0.1, -0.05) is 38.2 Å². The van der Waals surface area contributed by atoms with Gasteiger partial charge in [-0.3, -0.25) is 4.79 Å². The predicted octanol–water partition coefficient (Wildman–Crippen LogP) is 4.01. The van der Waals surface area contributed by atoms with Gasteiger partial charge in [0.2, 0.25) is 5.91 Å². The lowest BCUT2D eigenvalue weighted by molar-refractivity contribution is -0.127. The van der Waals surface area contributed by atoms with Crippen LogP contribution in [0.1, 0.15) is 62.7 Å². The highest BCUT2D eigenvalue weighted by atomic mass is 32.1. The third-order valence-electron chi connectivity index (χ3n) is 4.82. The molecule has 1 heterocycles. The monoisotopic (exact) mass is 277 g/mol. The molecule has 0 spiro atoms. The number of rotatable bonds is 3. The van der Waals surface area contributed by atoms with Crippen molar-refractivity contribution >= 4 is 17.2 Å². The van der Waals surface area contributed by atoms with E-state index in [9.17, 15) is 4.79 Å². The molecule has 0 unspecified atom stereocenters. The highest BCUT2D eigenvalue weighted by Crippen LogP contribution is 2.43. The van der Waals surface area contributed by atoms with E-state index in [-0.39, 0.29) is 5.41 Å². The average Bonchev–Trinajstić information content (AvgIpc) is 3.12. The summed E-state index contributed by atoms with van der Waals surface area (Å²) in [4.78, 5) is 14.1. The fraction of sp³-hybridized carbons (Fsp3) is 0.688. The van der Waals surface area contributed by atoms with Crippen molar-refractivity contribution in [1.29, 1.82) is 0 Å². The Morgan fingerprint density at radius 2 is 1.89 bits per heavy atom. The molecular formula is C16H23NOS. The number of carbonyl (C=O) groups is 1. The first-order valence-electron chi connectivity index (χ1n) is 7.66. The topological polar surface area (TPSA) is 29.1 Å². The van der Waals surface area contributed by atoms with Crippen molar-refractivity contribution < 1.29 is 4.79 Å². The summed E-state index contributed by atoms with van der Waals surface area (Å²) >= 11 is 1.75. The van der Waals surface area contributed by atoms with Gasteiger partial charge >= 0.3 is 0 Å². The zero-order chi connectivity index (χ0) is 13.1. The molecule has 0 radical (unpaired) electrons. The molecule has 0 aromatic carbocycles. The van der Waals surface area contributed by atoms with Crippen LogP contribution in [0.3, 0.4) is 0 Å². The van der Waals surface area contributed by atoms with Crippen LogP contribution in [0.4, 0.5) is 0 Å². The molecule has 1 aromatic heterocycles. The molecule has 2 nitrogen and oxygen atoms in total. The van der Waals surface area contributed by atoms with Gasteiger partial charge < -0.3 is 5.32 Å². The number of hydrogen-bond acceptors (Lipinski definition) is 2. The molecule has 3 heteroatoms. The van der Waals surface area contributed by atoms with Crippen LogP contribution < -0.4 is 5.32 Å². The molecule has 1 amide bonds. The average molecular weight is 277 g/mol. The van der Waals surface area contributed by atoms with Crippen molar-refractivity contribution in [2.45, 2.75) is 69.2 Å². The van der Waals surface area contributed by atoms with Crippen LogP contribution in [0.15, 0.2) is 17.5 Å². The van der Waals surface area contributed by atoms with Crippen LogP contribution in [0.5, 0.6) is 0 Å². The molecule has 0 aliphatic heterocycles. The highest BCUT2D eigenvalue weighted by Gasteiger charge is 2.44. The largest absolute Gasteiger partial charge is 0.353 e. The minimum atomic E-state index is -0.203. The normalized spacial score (nSPS) is 23.4. The Morgan fingerprint density at radius 1 is 1.16 bits per heavy atom. The number of nitrogens with one attached hydrogen (secondary N) is 1. The van der Waals surface area contributed by atoms with Gasteiger partial charge in [0.05, 0.1) is 5.41 Å². The Bertz CT molecular complexity index is 414. The summed E-state index contributed by atoms with van der Waals surface area (Å²) < 4.78 is 0. The molecule has 2 aliphatic rings. The van der Waals surface area contributed by atoms with Gasteiger partial charge in [-0.2, -0.15) is 0 Å². The van der Waals surface area contributed by atoms with Crippen LogP contribution in [-0.2, 0) is 10.2 Å². The van der Waals surface area contributed by atoms with E-state index in [2.05, 4.69) is 22.8 Å². The summed E-state index contributed by atoms with van der Waals surface area (Å²) in [6, 6.07) is 4.66. The van der Waals surface area contributed by atoms with Crippen molar-refractivity contribution in [1.82, 2.24) is 5.32 Å². The molecule has 104 valence electrons. The second kappa shape index (κ2) is 5.66. The van der Waals surface area contributed by atoms with Crippen LogP contribution in [0.2, 0.25) is 0 Å². The number of thiophene rings is 1. The Balaban J connectivity index is 1.75. The summed E-state index contributed by atoms with van der Waals surface area (Å²) in [6.07, 6.45) is 10.7. The molecule has 3 rings (SSSR count). The van der Waals surface area contributed by atoms with Crippen molar-refractivity contribution in [3.63, 3.8) is 0 Å². The fourth-order valence-corrected chi connectivity index (χ4v) is 4.67. The zero-order valence-electron chi connectivity index (χ0n) is 11.5. The highest BCUT2D eigenvalue weighted by molar-refractivity contribution is 7.10. The van der Waals surface area contributed by atoms with E-state index < -0.39 is 0 Å². The van der Waals surface area contributed by atoms with Gasteiger partial charge in [0.1, 0.15) is 0 Å².